The lowest BCUT2D eigenvalue weighted by Crippen LogP contribution is -2.40. The van der Waals surface area contributed by atoms with Gasteiger partial charge in [0.1, 0.15) is 4.90 Å². The van der Waals surface area contributed by atoms with Crippen molar-refractivity contribution in [1.82, 2.24) is 9.29 Å². The van der Waals surface area contributed by atoms with Crippen molar-refractivity contribution in [3.8, 4) is 0 Å². The highest BCUT2D eigenvalue weighted by molar-refractivity contribution is 7.89. The van der Waals surface area contributed by atoms with E-state index in [1.54, 1.807) is 12.3 Å². The summed E-state index contributed by atoms with van der Waals surface area (Å²) in [4.78, 5) is 4.17. The van der Waals surface area contributed by atoms with Crippen molar-refractivity contribution in [2.75, 3.05) is 26.3 Å². The Balaban J connectivity index is 2.30. The van der Waals surface area contributed by atoms with Crippen LogP contribution in [0.5, 0.6) is 0 Å². The summed E-state index contributed by atoms with van der Waals surface area (Å²) in [5, 5.41) is 0. The van der Waals surface area contributed by atoms with Crippen molar-refractivity contribution < 1.29 is 13.2 Å². The molecular weight excluding hydrogens is 228 g/mol. The number of aromatic nitrogens is 1. The van der Waals surface area contributed by atoms with Gasteiger partial charge in [-0.1, -0.05) is 0 Å². The van der Waals surface area contributed by atoms with E-state index in [2.05, 4.69) is 4.98 Å². The van der Waals surface area contributed by atoms with Gasteiger partial charge in [0.15, 0.2) is 0 Å². The van der Waals surface area contributed by atoms with Gasteiger partial charge in [0.25, 0.3) is 0 Å². The zero-order valence-corrected chi connectivity index (χ0v) is 9.90. The Morgan fingerprint density at radius 2 is 2.00 bits per heavy atom. The van der Waals surface area contributed by atoms with Gasteiger partial charge in [-0.05, 0) is 18.6 Å². The first-order valence-corrected chi connectivity index (χ1v) is 6.54. The lowest BCUT2D eigenvalue weighted by atomic mass is 10.3. The van der Waals surface area contributed by atoms with Crippen molar-refractivity contribution in [1.29, 1.82) is 0 Å². The smallest absolute Gasteiger partial charge is 0.244 e. The number of pyridine rings is 1. The van der Waals surface area contributed by atoms with Crippen LogP contribution in [0, 0.1) is 6.92 Å². The number of nitrogens with zero attached hydrogens (tertiary/aromatic N) is 2. The Labute approximate surface area is 95.1 Å². The van der Waals surface area contributed by atoms with E-state index in [0.717, 1.165) is 5.56 Å². The minimum absolute atomic E-state index is 0.259. The first-order valence-electron chi connectivity index (χ1n) is 5.10. The number of morpholine rings is 1. The molecule has 0 unspecified atom stereocenters. The summed E-state index contributed by atoms with van der Waals surface area (Å²) < 4.78 is 30.9. The van der Waals surface area contributed by atoms with E-state index in [1.807, 2.05) is 6.92 Å². The van der Waals surface area contributed by atoms with Crippen LogP contribution in [0.3, 0.4) is 0 Å². The van der Waals surface area contributed by atoms with E-state index in [4.69, 9.17) is 4.74 Å². The first kappa shape index (κ1) is 11.5. The van der Waals surface area contributed by atoms with Crippen LogP contribution in [-0.2, 0) is 14.8 Å². The molecule has 1 fully saturated rings. The van der Waals surface area contributed by atoms with Crippen LogP contribution in [0.1, 0.15) is 5.56 Å². The second kappa shape index (κ2) is 4.48. The highest BCUT2D eigenvalue weighted by atomic mass is 32.2. The molecule has 5 nitrogen and oxygen atoms in total. The van der Waals surface area contributed by atoms with Crippen LogP contribution < -0.4 is 0 Å². The van der Waals surface area contributed by atoms with Gasteiger partial charge in [0.2, 0.25) is 10.0 Å². The molecule has 2 heterocycles. The van der Waals surface area contributed by atoms with Gasteiger partial charge in [-0.25, -0.2) is 8.42 Å². The molecule has 6 heteroatoms. The molecular formula is C10H14N2O3S. The Kier molecular flexibility index (Phi) is 3.22. The number of ether oxygens (including phenoxy) is 1. The molecule has 0 radical (unpaired) electrons. The van der Waals surface area contributed by atoms with Crippen molar-refractivity contribution in [2.45, 2.75) is 11.8 Å². The Bertz CT molecular complexity index is 467. The number of hydrogen-bond donors (Lipinski definition) is 0. The highest BCUT2D eigenvalue weighted by Crippen LogP contribution is 2.16. The molecule has 2 rings (SSSR count). The molecule has 0 saturated carbocycles. The van der Waals surface area contributed by atoms with E-state index in [9.17, 15) is 8.42 Å². The standard InChI is InChI=1S/C10H14N2O3S/c1-9-6-10(8-11-7-9)16(13,14)12-2-4-15-5-3-12/h6-8H,2-5H2,1H3. The zero-order chi connectivity index (χ0) is 11.6. The van der Waals surface area contributed by atoms with Crippen LogP contribution >= 0.6 is 0 Å². The van der Waals surface area contributed by atoms with Gasteiger partial charge < -0.3 is 4.74 Å². The molecule has 1 aliphatic heterocycles. The molecule has 0 aromatic carbocycles. The molecule has 0 N–H and O–H groups in total. The molecule has 16 heavy (non-hydrogen) atoms. The van der Waals surface area contributed by atoms with E-state index in [1.165, 1.54) is 10.5 Å². The Hall–Kier alpha value is -0.980. The van der Waals surface area contributed by atoms with E-state index >= 15 is 0 Å². The SMILES string of the molecule is Cc1cncc(S(=O)(=O)N2CCOCC2)c1. The second-order valence-electron chi connectivity index (χ2n) is 3.71. The third-order valence-corrected chi connectivity index (χ3v) is 4.32. The minimum Gasteiger partial charge on any atom is -0.379 e. The van der Waals surface area contributed by atoms with Crippen molar-refractivity contribution in [3.63, 3.8) is 0 Å². The summed E-state index contributed by atoms with van der Waals surface area (Å²) in [5.74, 6) is 0. The number of sulfonamides is 1. The number of rotatable bonds is 2. The lowest BCUT2D eigenvalue weighted by molar-refractivity contribution is 0.0730. The molecule has 1 aromatic rings. The molecule has 0 atom stereocenters. The molecule has 0 aliphatic carbocycles. The molecule has 88 valence electrons. The lowest BCUT2D eigenvalue weighted by Gasteiger charge is -2.25. The van der Waals surface area contributed by atoms with Crippen LogP contribution in [0.15, 0.2) is 23.4 Å². The number of hydrogen-bond acceptors (Lipinski definition) is 4. The van der Waals surface area contributed by atoms with Gasteiger partial charge in [-0.3, -0.25) is 4.98 Å². The molecule has 0 spiro atoms. The molecule has 0 bridgehead atoms. The fraction of sp³-hybridized carbons (Fsp3) is 0.500. The van der Waals surface area contributed by atoms with Crippen molar-refractivity contribution >= 4 is 10.0 Å². The summed E-state index contributed by atoms with van der Waals surface area (Å²) in [6, 6.07) is 1.64. The predicted molar refractivity (Wildman–Crippen MR) is 58.6 cm³/mol. The Morgan fingerprint density at radius 1 is 1.31 bits per heavy atom. The third kappa shape index (κ3) is 2.23. The average Bonchev–Trinajstić information content (AvgIpc) is 2.30. The minimum atomic E-state index is -3.39. The quantitative estimate of drug-likeness (QED) is 0.753. The largest absolute Gasteiger partial charge is 0.379 e. The fourth-order valence-electron chi connectivity index (χ4n) is 1.60. The predicted octanol–water partition coefficient (Wildman–Crippen LogP) is 0.411. The summed E-state index contributed by atoms with van der Waals surface area (Å²) in [6.07, 6.45) is 3.02. The summed E-state index contributed by atoms with van der Waals surface area (Å²) in [5.41, 5.74) is 0.842. The fourth-order valence-corrected chi connectivity index (χ4v) is 3.06. The molecule has 1 aromatic heterocycles. The Morgan fingerprint density at radius 3 is 2.62 bits per heavy atom. The van der Waals surface area contributed by atoms with Gasteiger partial charge >= 0.3 is 0 Å². The zero-order valence-electron chi connectivity index (χ0n) is 9.09. The summed E-state index contributed by atoms with van der Waals surface area (Å²) in [7, 11) is -3.39. The molecule has 0 amide bonds. The summed E-state index contributed by atoms with van der Waals surface area (Å²) >= 11 is 0. The average molecular weight is 242 g/mol. The van der Waals surface area contributed by atoms with E-state index < -0.39 is 10.0 Å². The van der Waals surface area contributed by atoms with Crippen LogP contribution in [0.4, 0.5) is 0 Å². The second-order valence-corrected chi connectivity index (χ2v) is 5.65. The number of aryl methyl sites for hydroxylation is 1. The van der Waals surface area contributed by atoms with Gasteiger partial charge in [0, 0.05) is 25.5 Å². The van der Waals surface area contributed by atoms with Gasteiger partial charge in [-0.15, -0.1) is 0 Å². The molecule has 1 aliphatic rings. The molecule has 1 saturated heterocycles. The third-order valence-electron chi connectivity index (χ3n) is 2.46. The van der Waals surface area contributed by atoms with E-state index in [0.29, 0.717) is 26.3 Å². The maximum Gasteiger partial charge on any atom is 0.244 e. The van der Waals surface area contributed by atoms with Gasteiger partial charge in [0.05, 0.1) is 13.2 Å². The normalized spacial score (nSPS) is 18.6. The van der Waals surface area contributed by atoms with Crippen molar-refractivity contribution in [2.24, 2.45) is 0 Å². The maximum atomic E-state index is 12.2. The van der Waals surface area contributed by atoms with Gasteiger partial charge in [-0.2, -0.15) is 4.31 Å². The topological polar surface area (TPSA) is 59.5 Å². The maximum absolute atomic E-state index is 12.2. The van der Waals surface area contributed by atoms with Crippen molar-refractivity contribution in [3.05, 3.63) is 24.0 Å². The van der Waals surface area contributed by atoms with Crippen LogP contribution in [-0.4, -0.2) is 44.0 Å². The summed E-state index contributed by atoms with van der Waals surface area (Å²) in [6.45, 7) is 3.56. The van der Waals surface area contributed by atoms with Crippen LogP contribution in [0.25, 0.3) is 0 Å². The monoisotopic (exact) mass is 242 g/mol. The van der Waals surface area contributed by atoms with E-state index in [-0.39, 0.29) is 4.90 Å². The highest BCUT2D eigenvalue weighted by Gasteiger charge is 2.26. The van der Waals surface area contributed by atoms with Crippen LogP contribution in [0.2, 0.25) is 0 Å². The first-order chi connectivity index (χ1) is 7.60.